The lowest BCUT2D eigenvalue weighted by molar-refractivity contribution is -0.118. The average Bonchev–Trinajstić information content (AvgIpc) is 2.65. The van der Waals surface area contributed by atoms with Crippen LogP contribution in [0.1, 0.15) is 35.7 Å². The smallest absolute Gasteiger partial charge is 0.262 e. The van der Waals surface area contributed by atoms with E-state index in [1.807, 2.05) is 24.3 Å². The van der Waals surface area contributed by atoms with Crippen LogP contribution in [-0.4, -0.2) is 25.9 Å². The molecule has 2 aromatic rings. The van der Waals surface area contributed by atoms with Gasteiger partial charge in [-0.15, -0.1) is 0 Å². The third-order valence-electron chi connectivity index (χ3n) is 3.74. The fraction of sp³-hybridized carbons (Fsp3) is 0.300. The molecule has 0 fully saturated rings. The maximum atomic E-state index is 12.0. The van der Waals surface area contributed by atoms with Crippen molar-refractivity contribution in [3.8, 4) is 11.5 Å². The van der Waals surface area contributed by atoms with E-state index in [-0.39, 0.29) is 12.5 Å². The Hall–Kier alpha value is -2.82. The fourth-order valence-corrected chi connectivity index (χ4v) is 2.35. The van der Waals surface area contributed by atoms with Crippen molar-refractivity contribution in [1.29, 1.82) is 0 Å². The number of rotatable bonds is 9. The van der Waals surface area contributed by atoms with E-state index in [1.165, 1.54) is 12.7 Å². The molecule has 0 aliphatic heterocycles. The minimum atomic E-state index is -0.261. The number of ether oxygens (including phenoxy) is 2. The molecule has 2 rings (SSSR count). The number of benzene rings is 2. The van der Waals surface area contributed by atoms with E-state index in [4.69, 9.17) is 9.47 Å². The molecule has 0 saturated carbocycles. The minimum absolute atomic E-state index is 0.144. The Labute approximate surface area is 148 Å². The molecular weight excluding hydrogens is 318 g/mol. The number of hydrogen-bond acceptors (Lipinski definition) is 4. The molecule has 132 valence electrons. The number of unbranched alkanes of at least 4 members (excludes halogenated alkanes) is 1. The molecule has 5 heteroatoms. The number of carbonyl (C=O) groups excluding carboxylic acids is 2. The summed E-state index contributed by atoms with van der Waals surface area (Å²) >= 11 is 0. The summed E-state index contributed by atoms with van der Waals surface area (Å²) < 4.78 is 10.7. The van der Waals surface area contributed by atoms with E-state index in [1.54, 1.807) is 18.2 Å². The first-order chi connectivity index (χ1) is 12.2. The lowest BCUT2D eigenvalue weighted by atomic mass is 10.1. The highest BCUT2D eigenvalue weighted by Crippen LogP contribution is 2.27. The third-order valence-corrected chi connectivity index (χ3v) is 3.74. The zero-order valence-corrected chi connectivity index (χ0v) is 14.6. The predicted molar refractivity (Wildman–Crippen MR) is 97.6 cm³/mol. The number of nitrogens with one attached hydrogen (secondary N) is 1. The molecule has 0 bridgehead atoms. The van der Waals surface area contributed by atoms with Gasteiger partial charge in [-0.2, -0.15) is 0 Å². The van der Waals surface area contributed by atoms with Gasteiger partial charge in [-0.1, -0.05) is 25.5 Å². The van der Waals surface area contributed by atoms with Crippen LogP contribution in [-0.2, 0) is 11.2 Å². The van der Waals surface area contributed by atoms with Crippen molar-refractivity contribution in [1.82, 2.24) is 0 Å². The average molecular weight is 341 g/mol. The molecular formula is C20H23NO4. The lowest BCUT2D eigenvalue weighted by Crippen LogP contribution is -2.20. The second-order valence-electron chi connectivity index (χ2n) is 5.67. The number of aryl methyl sites for hydroxylation is 1. The van der Waals surface area contributed by atoms with Crippen molar-refractivity contribution in [2.45, 2.75) is 26.2 Å². The van der Waals surface area contributed by atoms with Gasteiger partial charge < -0.3 is 14.8 Å². The van der Waals surface area contributed by atoms with E-state index < -0.39 is 0 Å². The molecule has 0 atom stereocenters. The van der Waals surface area contributed by atoms with Gasteiger partial charge in [0.2, 0.25) is 0 Å². The van der Waals surface area contributed by atoms with Gasteiger partial charge in [-0.25, -0.2) is 0 Å². The second-order valence-corrected chi connectivity index (χ2v) is 5.67. The molecule has 25 heavy (non-hydrogen) atoms. The molecule has 0 spiro atoms. The SMILES string of the molecule is CCCCc1ccc(NC(=O)COc2ccc(C=O)cc2OC)cc1. The highest BCUT2D eigenvalue weighted by Gasteiger charge is 2.09. The Morgan fingerprint density at radius 3 is 2.52 bits per heavy atom. The van der Waals surface area contributed by atoms with E-state index in [0.29, 0.717) is 17.1 Å². The lowest BCUT2D eigenvalue weighted by Gasteiger charge is -2.11. The maximum Gasteiger partial charge on any atom is 0.262 e. The molecule has 0 heterocycles. The quantitative estimate of drug-likeness (QED) is 0.703. The van der Waals surface area contributed by atoms with Crippen molar-refractivity contribution < 1.29 is 19.1 Å². The second kappa shape index (κ2) is 9.47. The number of anilines is 1. The van der Waals surface area contributed by atoms with Crippen LogP contribution in [0.25, 0.3) is 0 Å². The first kappa shape index (κ1) is 18.5. The first-order valence-electron chi connectivity index (χ1n) is 8.31. The number of carbonyl (C=O) groups is 2. The number of amides is 1. The molecule has 0 unspecified atom stereocenters. The summed E-state index contributed by atoms with van der Waals surface area (Å²) in [7, 11) is 1.48. The van der Waals surface area contributed by atoms with Gasteiger partial charge in [-0.05, 0) is 48.7 Å². The summed E-state index contributed by atoms with van der Waals surface area (Å²) in [5.41, 5.74) is 2.48. The standard InChI is InChI=1S/C20H23NO4/c1-3-4-5-15-6-9-17(10-7-15)21-20(23)14-25-18-11-8-16(13-22)12-19(18)24-2/h6-13H,3-5,14H2,1-2H3,(H,21,23). The third kappa shape index (κ3) is 5.64. The molecule has 0 aromatic heterocycles. The summed E-state index contributed by atoms with van der Waals surface area (Å²) in [6, 6.07) is 12.6. The van der Waals surface area contributed by atoms with Crippen LogP contribution in [0, 0.1) is 0 Å². The van der Waals surface area contributed by atoms with Gasteiger partial charge in [0.05, 0.1) is 7.11 Å². The van der Waals surface area contributed by atoms with E-state index >= 15 is 0 Å². The highest BCUT2D eigenvalue weighted by atomic mass is 16.5. The molecule has 5 nitrogen and oxygen atoms in total. The van der Waals surface area contributed by atoms with Crippen molar-refractivity contribution in [2.75, 3.05) is 19.0 Å². The van der Waals surface area contributed by atoms with E-state index in [0.717, 1.165) is 31.2 Å². The van der Waals surface area contributed by atoms with Crippen molar-refractivity contribution in [2.24, 2.45) is 0 Å². The molecule has 2 aromatic carbocycles. The van der Waals surface area contributed by atoms with Crippen LogP contribution < -0.4 is 14.8 Å². The summed E-state index contributed by atoms with van der Waals surface area (Å²) in [5.74, 6) is 0.568. The summed E-state index contributed by atoms with van der Waals surface area (Å²) in [6.45, 7) is 2.02. The van der Waals surface area contributed by atoms with Gasteiger partial charge in [0.15, 0.2) is 18.1 Å². The molecule has 0 aliphatic rings. The largest absolute Gasteiger partial charge is 0.493 e. The highest BCUT2D eigenvalue weighted by molar-refractivity contribution is 5.91. The summed E-state index contributed by atoms with van der Waals surface area (Å²) in [4.78, 5) is 22.8. The normalized spacial score (nSPS) is 10.2. The first-order valence-corrected chi connectivity index (χ1v) is 8.31. The van der Waals surface area contributed by atoms with Gasteiger partial charge in [0.25, 0.3) is 5.91 Å². The Bertz CT molecular complexity index is 710. The number of aldehydes is 1. The fourth-order valence-electron chi connectivity index (χ4n) is 2.35. The zero-order chi connectivity index (χ0) is 18.1. The van der Waals surface area contributed by atoms with Crippen LogP contribution in [0.2, 0.25) is 0 Å². The molecule has 0 saturated heterocycles. The number of hydrogen-bond donors (Lipinski definition) is 1. The van der Waals surface area contributed by atoms with Crippen molar-refractivity contribution in [3.63, 3.8) is 0 Å². The Balaban J connectivity index is 1.89. The topological polar surface area (TPSA) is 64.6 Å². The Kier molecular flexibility index (Phi) is 7.01. The molecule has 1 N–H and O–H groups in total. The van der Waals surface area contributed by atoms with Crippen LogP contribution in [0.15, 0.2) is 42.5 Å². The van der Waals surface area contributed by atoms with Gasteiger partial charge in [0, 0.05) is 11.3 Å². The summed E-state index contributed by atoms with van der Waals surface area (Å²) in [6.07, 6.45) is 4.09. The zero-order valence-electron chi connectivity index (χ0n) is 14.6. The maximum absolute atomic E-state index is 12.0. The van der Waals surface area contributed by atoms with E-state index in [9.17, 15) is 9.59 Å². The molecule has 1 amide bonds. The molecule has 0 radical (unpaired) electrons. The Morgan fingerprint density at radius 1 is 1.12 bits per heavy atom. The Morgan fingerprint density at radius 2 is 1.88 bits per heavy atom. The van der Waals surface area contributed by atoms with Crippen molar-refractivity contribution in [3.05, 3.63) is 53.6 Å². The van der Waals surface area contributed by atoms with Gasteiger partial charge in [-0.3, -0.25) is 9.59 Å². The monoisotopic (exact) mass is 341 g/mol. The van der Waals surface area contributed by atoms with E-state index in [2.05, 4.69) is 12.2 Å². The van der Waals surface area contributed by atoms with Crippen molar-refractivity contribution >= 4 is 17.9 Å². The summed E-state index contributed by atoms with van der Waals surface area (Å²) in [5, 5.41) is 2.79. The predicted octanol–water partition coefficient (Wildman–Crippen LogP) is 3.87. The molecule has 0 aliphatic carbocycles. The van der Waals surface area contributed by atoms with Crippen LogP contribution >= 0.6 is 0 Å². The van der Waals surface area contributed by atoms with Crippen LogP contribution in [0.4, 0.5) is 5.69 Å². The van der Waals surface area contributed by atoms with Crippen LogP contribution in [0.5, 0.6) is 11.5 Å². The van der Waals surface area contributed by atoms with Gasteiger partial charge in [0.1, 0.15) is 6.29 Å². The van der Waals surface area contributed by atoms with Gasteiger partial charge >= 0.3 is 0 Å². The van der Waals surface area contributed by atoms with Crippen LogP contribution in [0.3, 0.4) is 0 Å². The number of methoxy groups -OCH3 is 1. The minimum Gasteiger partial charge on any atom is -0.493 e.